The van der Waals surface area contributed by atoms with Crippen LogP contribution in [0.5, 0.6) is 5.75 Å². The van der Waals surface area contributed by atoms with Crippen molar-refractivity contribution in [2.24, 2.45) is 5.84 Å². The van der Waals surface area contributed by atoms with Crippen LogP contribution in [0, 0.1) is 0 Å². The fourth-order valence-electron chi connectivity index (χ4n) is 2.20. The van der Waals surface area contributed by atoms with E-state index in [0.29, 0.717) is 0 Å². The minimum Gasteiger partial charge on any atom is -0.497 e. The molecule has 2 aromatic rings. The molecule has 20 heavy (non-hydrogen) atoms. The van der Waals surface area contributed by atoms with E-state index in [2.05, 4.69) is 33.4 Å². The lowest BCUT2D eigenvalue weighted by Gasteiger charge is -2.18. The summed E-state index contributed by atoms with van der Waals surface area (Å²) in [7, 11) is 1.66. The van der Waals surface area contributed by atoms with Gasteiger partial charge >= 0.3 is 0 Å². The van der Waals surface area contributed by atoms with Gasteiger partial charge in [-0.2, -0.15) is 5.10 Å². The van der Waals surface area contributed by atoms with Gasteiger partial charge in [0.05, 0.1) is 29.5 Å². The summed E-state index contributed by atoms with van der Waals surface area (Å²) in [4.78, 5) is 0. The fraction of sp³-hybridized carbons (Fsp3) is 0.357. The first-order chi connectivity index (χ1) is 9.69. The molecule has 3 N–H and O–H groups in total. The normalized spacial score (nSPS) is 12.4. The van der Waals surface area contributed by atoms with E-state index in [9.17, 15) is 0 Å². The molecule has 0 amide bonds. The summed E-state index contributed by atoms with van der Waals surface area (Å²) < 4.78 is 8.08. The minimum absolute atomic E-state index is 0.000204. The standard InChI is InChI=1S/C14H19BrN4O/c1-3-19-14(12(15)9-17-19)13(18-16)8-10-4-6-11(20-2)7-5-10/h4-7,9,13,18H,3,8,16H2,1-2H3. The van der Waals surface area contributed by atoms with Crippen LogP contribution in [0.25, 0.3) is 0 Å². The number of methoxy groups -OCH3 is 1. The van der Waals surface area contributed by atoms with Crippen molar-refractivity contribution in [2.45, 2.75) is 25.9 Å². The summed E-state index contributed by atoms with van der Waals surface area (Å²) in [5.74, 6) is 6.58. The molecule has 0 aliphatic heterocycles. The summed E-state index contributed by atoms with van der Waals surface area (Å²) >= 11 is 3.54. The number of aromatic nitrogens is 2. The molecule has 2 rings (SSSR count). The molecule has 0 saturated heterocycles. The molecule has 1 aromatic carbocycles. The second-order valence-electron chi connectivity index (χ2n) is 4.46. The average Bonchev–Trinajstić information content (AvgIpc) is 2.86. The molecule has 5 nitrogen and oxygen atoms in total. The van der Waals surface area contributed by atoms with E-state index in [1.807, 2.05) is 28.9 Å². The Morgan fingerprint density at radius 1 is 1.40 bits per heavy atom. The van der Waals surface area contributed by atoms with Gasteiger partial charge in [0.2, 0.25) is 0 Å². The first kappa shape index (κ1) is 15.0. The Balaban J connectivity index is 2.21. The maximum atomic E-state index is 5.72. The number of nitrogens with two attached hydrogens (primary N) is 1. The molecule has 1 atom stereocenters. The number of halogens is 1. The highest BCUT2D eigenvalue weighted by atomic mass is 79.9. The summed E-state index contributed by atoms with van der Waals surface area (Å²) in [6, 6.07) is 8.00. The number of rotatable bonds is 6. The predicted molar refractivity (Wildman–Crippen MR) is 82.4 cm³/mol. The highest BCUT2D eigenvalue weighted by molar-refractivity contribution is 9.10. The van der Waals surface area contributed by atoms with Crippen molar-refractivity contribution in [3.8, 4) is 5.75 Å². The molecule has 6 heteroatoms. The van der Waals surface area contributed by atoms with Crippen LogP contribution in [0.4, 0.5) is 0 Å². The maximum Gasteiger partial charge on any atom is 0.118 e. The summed E-state index contributed by atoms with van der Waals surface area (Å²) in [5.41, 5.74) is 5.12. The van der Waals surface area contributed by atoms with Crippen LogP contribution in [0.2, 0.25) is 0 Å². The number of aryl methyl sites for hydroxylation is 1. The van der Waals surface area contributed by atoms with Gasteiger partial charge in [0.25, 0.3) is 0 Å². The second kappa shape index (κ2) is 6.88. The Morgan fingerprint density at radius 3 is 2.65 bits per heavy atom. The molecule has 0 aliphatic carbocycles. The van der Waals surface area contributed by atoms with Crippen molar-refractivity contribution in [1.82, 2.24) is 15.2 Å². The highest BCUT2D eigenvalue weighted by Crippen LogP contribution is 2.26. The van der Waals surface area contributed by atoms with E-state index in [4.69, 9.17) is 10.6 Å². The van der Waals surface area contributed by atoms with E-state index in [1.54, 1.807) is 13.3 Å². The number of ether oxygens (including phenoxy) is 1. The Hall–Kier alpha value is -1.37. The number of benzene rings is 1. The first-order valence-corrected chi connectivity index (χ1v) is 7.29. The monoisotopic (exact) mass is 338 g/mol. The van der Waals surface area contributed by atoms with E-state index >= 15 is 0 Å². The van der Waals surface area contributed by atoms with Gasteiger partial charge < -0.3 is 4.74 Å². The molecular formula is C14H19BrN4O. The quantitative estimate of drug-likeness (QED) is 0.627. The first-order valence-electron chi connectivity index (χ1n) is 6.49. The number of hydrogen-bond acceptors (Lipinski definition) is 4. The highest BCUT2D eigenvalue weighted by Gasteiger charge is 2.19. The Labute approximate surface area is 127 Å². The summed E-state index contributed by atoms with van der Waals surface area (Å²) in [6.45, 7) is 2.87. The van der Waals surface area contributed by atoms with Gasteiger partial charge in [0.1, 0.15) is 5.75 Å². The van der Waals surface area contributed by atoms with Crippen LogP contribution in [-0.2, 0) is 13.0 Å². The zero-order valence-electron chi connectivity index (χ0n) is 11.6. The molecule has 0 aliphatic rings. The summed E-state index contributed by atoms with van der Waals surface area (Å²) in [5, 5.41) is 4.33. The molecule has 0 saturated carbocycles. The van der Waals surface area contributed by atoms with Gasteiger partial charge in [0, 0.05) is 6.54 Å². The van der Waals surface area contributed by atoms with Crippen LogP contribution in [0.1, 0.15) is 24.2 Å². The van der Waals surface area contributed by atoms with Gasteiger partial charge in [-0.25, -0.2) is 0 Å². The molecule has 1 aromatic heterocycles. The SMILES string of the molecule is CCn1ncc(Br)c1C(Cc1ccc(OC)cc1)NN. The zero-order chi connectivity index (χ0) is 14.5. The molecule has 108 valence electrons. The Bertz CT molecular complexity index is 553. The molecule has 1 unspecified atom stereocenters. The van der Waals surface area contributed by atoms with Gasteiger partial charge in [-0.3, -0.25) is 16.0 Å². The van der Waals surface area contributed by atoms with Gasteiger partial charge in [-0.05, 0) is 47.0 Å². The third kappa shape index (κ3) is 3.20. The lowest BCUT2D eigenvalue weighted by atomic mass is 10.0. The van der Waals surface area contributed by atoms with E-state index in [-0.39, 0.29) is 6.04 Å². The molecule has 0 radical (unpaired) electrons. The number of nitrogens with zero attached hydrogens (tertiary/aromatic N) is 2. The van der Waals surface area contributed by atoms with Crippen LogP contribution in [0.15, 0.2) is 34.9 Å². The van der Waals surface area contributed by atoms with Crippen LogP contribution in [-0.4, -0.2) is 16.9 Å². The van der Waals surface area contributed by atoms with Crippen molar-refractivity contribution in [2.75, 3.05) is 7.11 Å². The Kier molecular flexibility index (Phi) is 5.17. The molecule has 1 heterocycles. The average molecular weight is 339 g/mol. The van der Waals surface area contributed by atoms with Crippen LogP contribution >= 0.6 is 15.9 Å². The largest absolute Gasteiger partial charge is 0.497 e. The molecule has 0 spiro atoms. The van der Waals surface area contributed by atoms with Gasteiger partial charge in [0.15, 0.2) is 0 Å². The topological polar surface area (TPSA) is 65.1 Å². The van der Waals surface area contributed by atoms with E-state index < -0.39 is 0 Å². The zero-order valence-corrected chi connectivity index (χ0v) is 13.2. The van der Waals surface area contributed by atoms with Gasteiger partial charge in [-0.1, -0.05) is 12.1 Å². The second-order valence-corrected chi connectivity index (χ2v) is 5.32. The molecule has 0 bridgehead atoms. The van der Waals surface area contributed by atoms with Crippen molar-refractivity contribution in [3.63, 3.8) is 0 Å². The van der Waals surface area contributed by atoms with E-state index in [1.165, 1.54) is 5.56 Å². The van der Waals surface area contributed by atoms with Crippen molar-refractivity contribution < 1.29 is 4.74 Å². The van der Waals surface area contributed by atoms with Crippen LogP contribution < -0.4 is 16.0 Å². The van der Waals surface area contributed by atoms with Crippen LogP contribution in [0.3, 0.4) is 0 Å². The lowest BCUT2D eigenvalue weighted by molar-refractivity contribution is 0.414. The predicted octanol–water partition coefficient (Wildman–Crippen LogP) is 2.42. The van der Waals surface area contributed by atoms with Crippen molar-refractivity contribution in [3.05, 3.63) is 46.2 Å². The maximum absolute atomic E-state index is 5.72. The van der Waals surface area contributed by atoms with Crippen molar-refractivity contribution in [1.29, 1.82) is 0 Å². The lowest BCUT2D eigenvalue weighted by Crippen LogP contribution is -2.31. The number of hydrogen-bond donors (Lipinski definition) is 2. The number of hydrazine groups is 1. The smallest absolute Gasteiger partial charge is 0.118 e. The molecule has 0 fully saturated rings. The molecular weight excluding hydrogens is 320 g/mol. The third-order valence-corrected chi connectivity index (χ3v) is 3.87. The fourth-order valence-corrected chi connectivity index (χ4v) is 2.77. The Morgan fingerprint density at radius 2 is 2.10 bits per heavy atom. The van der Waals surface area contributed by atoms with Crippen molar-refractivity contribution >= 4 is 15.9 Å². The third-order valence-electron chi connectivity index (χ3n) is 3.26. The number of nitrogens with one attached hydrogen (secondary N) is 1. The van der Waals surface area contributed by atoms with Gasteiger partial charge in [-0.15, -0.1) is 0 Å². The minimum atomic E-state index is 0.000204. The summed E-state index contributed by atoms with van der Waals surface area (Å²) in [6.07, 6.45) is 2.59. The van der Waals surface area contributed by atoms with E-state index in [0.717, 1.165) is 28.9 Å².